The molecule has 1 amide bonds. The third kappa shape index (κ3) is 6.43. The van der Waals surface area contributed by atoms with Gasteiger partial charge in [-0.25, -0.2) is 0 Å². The molecule has 8 nitrogen and oxygen atoms in total. The minimum Gasteiger partial charge on any atom is -0.488 e. The van der Waals surface area contributed by atoms with Crippen molar-refractivity contribution in [1.29, 1.82) is 0 Å². The maximum Gasteiger partial charge on any atom is 0.325 e. The summed E-state index contributed by atoms with van der Waals surface area (Å²) in [6, 6.07) is 9.88. The molecule has 0 atom stereocenters. The van der Waals surface area contributed by atoms with Crippen molar-refractivity contribution in [3.63, 3.8) is 0 Å². The summed E-state index contributed by atoms with van der Waals surface area (Å²) in [6.07, 6.45) is 0. The topological polar surface area (TPSA) is 108 Å². The number of carbonyl (C=O) groups excluding carboxylic acids is 2. The molecule has 2 aromatic carbocycles. The van der Waals surface area contributed by atoms with Gasteiger partial charge in [0.25, 0.3) is 11.6 Å². The van der Waals surface area contributed by atoms with Crippen LogP contribution in [0.25, 0.3) is 0 Å². The van der Waals surface area contributed by atoms with Gasteiger partial charge in [0.1, 0.15) is 25.5 Å². The van der Waals surface area contributed by atoms with Crippen LogP contribution >= 0.6 is 23.2 Å². The first-order chi connectivity index (χ1) is 12.9. The summed E-state index contributed by atoms with van der Waals surface area (Å²) < 4.78 is 10.3. The molecule has 0 radical (unpaired) electrons. The van der Waals surface area contributed by atoms with Crippen molar-refractivity contribution in [3.8, 4) is 5.75 Å². The quantitative estimate of drug-likeness (QED) is 0.308. The Morgan fingerprint density at radius 2 is 1.89 bits per heavy atom. The van der Waals surface area contributed by atoms with Crippen molar-refractivity contribution in [2.75, 3.05) is 19.8 Å². The zero-order valence-corrected chi connectivity index (χ0v) is 15.3. The highest BCUT2D eigenvalue weighted by Crippen LogP contribution is 2.27. The lowest BCUT2D eigenvalue weighted by atomic mass is 10.2. The summed E-state index contributed by atoms with van der Waals surface area (Å²) in [5, 5.41) is 13.8. The van der Waals surface area contributed by atoms with E-state index in [0.29, 0.717) is 15.8 Å². The van der Waals surface area contributed by atoms with Crippen molar-refractivity contribution in [1.82, 2.24) is 5.32 Å². The summed E-state index contributed by atoms with van der Waals surface area (Å²) >= 11 is 11.7. The minimum absolute atomic E-state index is 0.0511. The predicted molar refractivity (Wildman–Crippen MR) is 98.3 cm³/mol. The van der Waals surface area contributed by atoms with Gasteiger partial charge < -0.3 is 14.8 Å². The molecule has 0 heterocycles. The largest absolute Gasteiger partial charge is 0.488 e. The Morgan fingerprint density at radius 1 is 1.11 bits per heavy atom. The molecule has 0 aliphatic heterocycles. The van der Waals surface area contributed by atoms with E-state index in [1.54, 1.807) is 12.1 Å². The molecule has 27 heavy (non-hydrogen) atoms. The van der Waals surface area contributed by atoms with Crippen LogP contribution in [-0.4, -0.2) is 36.6 Å². The highest BCUT2D eigenvalue weighted by molar-refractivity contribution is 6.35. The van der Waals surface area contributed by atoms with Crippen molar-refractivity contribution in [3.05, 3.63) is 68.2 Å². The van der Waals surface area contributed by atoms with Gasteiger partial charge in [-0.3, -0.25) is 19.7 Å². The number of nitrogens with zero attached hydrogens (tertiary/aromatic N) is 1. The van der Waals surface area contributed by atoms with Gasteiger partial charge in [-0.2, -0.15) is 0 Å². The van der Waals surface area contributed by atoms with Gasteiger partial charge in [-0.05, 0) is 24.3 Å². The van der Waals surface area contributed by atoms with Crippen LogP contribution in [0, 0.1) is 10.1 Å². The fraction of sp³-hybridized carbons (Fsp3) is 0.176. The first-order valence-corrected chi connectivity index (χ1v) is 8.38. The molecule has 2 aromatic rings. The maximum atomic E-state index is 11.9. The average Bonchev–Trinajstić information content (AvgIpc) is 2.64. The maximum absolute atomic E-state index is 11.9. The van der Waals surface area contributed by atoms with Crippen molar-refractivity contribution in [2.24, 2.45) is 0 Å². The SMILES string of the molecule is O=C(CNC(=O)c1cccc([N+](=O)[O-])c1)OCCOc1ccc(Cl)cc1Cl. The second-order valence-electron chi connectivity index (χ2n) is 5.13. The summed E-state index contributed by atoms with van der Waals surface area (Å²) in [6.45, 7) is -0.375. The van der Waals surface area contributed by atoms with Crippen LogP contribution in [0.2, 0.25) is 10.0 Å². The number of rotatable bonds is 8. The molecule has 2 rings (SSSR count). The molecule has 10 heteroatoms. The number of amides is 1. The summed E-state index contributed by atoms with van der Waals surface area (Å²) in [5.41, 5.74) is -0.152. The number of non-ortho nitro benzene ring substituents is 1. The lowest BCUT2D eigenvalue weighted by Gasteiger charge is -2.09. The second-order valence-corrected chi connectivity index (χ2v) is 5.98. The van der Waals surface area contributed by atoms with Gasteiger partial charge in [-0.15, -0.1) is 0 Å². The van der Waals surface area contributed by atoms with Crippen LogP contribution in [0.4, 0.5) is 5.69 Å². The second kappa shape index (κ2) is 9.75. The monoisotopic (exact) mass is 412 g/mol. The van der Waals surface area contributed by atoms with Crippen molar-refractivity contribution in [2.45, 2.75) is 0 Å². The number of nitro groups is 1. The van der Waals surface area contributed by atoms with E-state index in [2.05, 4.69) is 5.32 Å². The number of ether oxygens (including phenoxy) is 2. The number of hydrogen-bond acceptors (Lipinski definition) is 6. The Balaban J connectivity index is 1.72. The lowest BCUT2D eigenvalue weighted by molar-refractivity contribution is -0.384. The number of nitro benzene ring substituents is 1. The van der Waals surface area contributed by atoms with E-state index in [0.717, 1.165) is 6.07 Å². The number of nitrogens with one attached hydrogen (secondary N) is 1. The number of halogens is 2. The Labute approximate surface area is 164 Å². The molecule has 0 fully saturated rings. The molecule has 1 N–H and O–H groups in total. The molecule has 0 aliphatic carbocycles. The summed E-state index contributed by atoms with van der Waals surface area (Å²) in [7, 11) is 0. The van der Waals surface area contributed by atoms with Crippen molar-refractivity contribution < 1.29 is 24.0 Å². The van der Waals surface area contributed by atoms with Gasteiger partial charge in [0, 0.05) is 22.7 Å². The van der Waals surface area contributed by atoms with Crippen LogP contribution < -0.4 is 10.1 Å². The summed E-state index contributed by atoms with van der Waals surface area (Å²) in [5.74, 6) is -0.907. The number of esters is 1. The van der Waals surface area contributed by atoms with E-state index in [4.69, 9.17) is 32.7 Å². The molecule has 142 valence electrons. The van der Waals surface area contributed by atoms with Crippen LogP contribution in [-0.2, 0) is 9.53 Å². The van der Waals surface area contributed by atoms with E-state index in [1.807, 2.05) is 0 Å². The fourth-order valence-corrected chi connectivity index (χ4v) is 2.43. The smallest absolute Gasteiger partial charge is 0.325 e. The minimum atomic E-state index is -0.681. The first-order valence-electron chi connectivity index (χ1n) is 7.63. The fourth-order valence-electron chi connectivity index (χ4n) is 1.97. The first kappa shape index (κ1) is 20.5. The van der Waals surface area contributed by atoms with Gasteiger partial charge in [0.05, 0.1) is 9.95 Å². The van der Waals surface area contributed by atoms with Crippen LogP contribution in [0.5, 0.6) is 5.75 Å². The third-order valence-electron chi connectivity index (χ3n) is 3.21. The zero-order valence-electron chi connectivity index (χ0n) is 13.8. The predicted octanol–water partition coefficient (Wildman–Crippen LogP) is 3.25. The van der Waals surface area contributed by atoms with Gasteiger partial charge >= 0.3 is 5.97 Å². The van der Waals surface area contributed by atoms with E-state index >= 15 is 0 Å². The molecule has 0 aliphatic rings. The standard InChI is InChI=1S/C17H14Cl2N2O6/c18-12-4-5-15(14(19)9-12)26-6-7-27-16(22)10-20-17(23)11-2-1-3-13(8-11)21(24)25/h1-5,8-9H,6-7,10H2,(H,20,23). The molecule has 0 unspecified atom stereocenters. The van der Waals surface area contributed by atoms with Gasteiger partial charge in [-0.1, -0.05) is 29.3 Å². The highest BCUT2D eigenvalue weighted by Gasteiger charge is 2.13. The van der Waals surface area contributed by atoms with E-state index in [1.165, 1.54) is 24.3 Å². The Morgan fingerprint density at radius 3 is 2.59 bits per heavy atom. The molecular formula is C17H14Cl2N2O6. The molecule has 0 aromatic heterocycles. The molecule has 0 saturated carbocycles. The Hall–Kier alpha value is -2.84. The molecule has 0 bridgehead atoms. The highest BCUT2D eigenvalue weighted by atomic mass is 35.5. The Bertz CT molecular complexity index is 859. The zero-order chi connectivity index (χ0) is 19.8. The summed E-state index contributed by atoms with van der Waals surface area (Å²) in [4.78, 5) is 33.6. The van der Waals surface area contributed by atoms with E-state index < -0.39 is 16.8 Å². The average molecular weight is 413 g/mol. The van der Waals surface area contributed by atoms with Crippen LogP contribution in [0.3, 0.4) is 0 Å². The number of benzene rings is 2. The van der Waals surface area contributed by atoms with Crippen LogP contribution in [0.15, 0.2) is 42.5 Å². The van der Waals surface area contributed by atoms with Crippen molar-refractivity contribution >= 4 is 40.8 Å². The Kier molecular flexibility index (Phi) is 7.39. The normalized spacial score (nSPS) is 10.1. The van der Waals surface area contributed by atoms with Crippen LogP contribution in [0.1, 0.15) is 10.4 Å². The number of carbonyl (C=O) groups is 2. The molecule has 0 saturated heterocycles. The van der Waals surface area contributed by atoms with E-state index in [9.17, 15) is 19.7 Å². The molecular weight excluding hydrogens is 399 g/mol. The molecule has 0 spiro atoms. The third-order valence-corrected chi connectivity index (χ3v) is 3.74. The van der Waals surface area contributed by atoms with Gasteiger partial charge in [0.2, 0.25) is 0 Å². The van der Waals surface area contributed by atoms with E-state index in [-0.39, 0.29) is 31.0 Å². The number of hydrogen-bond donors (Lipinski definition) is 1. The van der Waals surface area contributed by atoms with Gasteiger partial charge in [0.15, 0.2) is 0 Å². The lowest BCUT2D eigenvalue weighted by Crippen LogP contribution is -2.31.